The van der Waals surface area contributed by atoms with E-state index in [0.29, 0.717) is 0 Å². The first-order chi connectivity index (χ1) is 6.58. The van der Waals surface area contributed by atoms with Gasteiger partial charge >= 0.3 is 0 Å². The minimum atomic E-state index is 0.0273. The highest BCUT2D eigenvalue weighted by atomic mass is 16.5. The molecule has 0 aromatic heterocycles. The van der Waals surface area contributed by atoms with Crippen LogP contribution in [0.15, 0.2) is 11.6 Å². The maximum absolute atomic E-state index is 8.69. The summed E-state index contributed by atoms with van der Waals surface area (Å²) in [6.45, 7) is 6.52. The third-order valence-electron chi connectivity index (χ3n) is 2.96. The molecule has 2 nitrogen and oxygen atoms in total. The Hall–Kier alpha value is -0.340. The first-order valence-electron chi connectivity index (χ1n) is 5.39. The summed E-state index contributed by atoms with van der Waals surface area (Å²) in [5.41, 5.74) is 1.29. The van der Waals surface area contributed by atoms with Crippen LogP contribution in [0.4, 0.5) is 0 Å². The number of ether oxygens (including phenoxy) is 1. The Morgan fingerprint density at radius 3 is 2.57 bits per heavy atom. The van der Waals surface area contributed by atoms with Gasteiger partial charge in [-0.3, -0.25) is 0 Å². The van der Waals surface area contributed by atoms with Gasteiger partial charge in [0.1, 0.15) is 0 Å². The second kappa shape index (κ2) is 7.02. The molecule has 1 unspecified atom stereocenters. The number of methoxy groups -OCH3 is 1. The highest BCUT2D eigenvalue weighted by Gasteiger charge is 2.19. The molecule has 0 aliphatic heterocycles. The van der Waals surface area contributed by atoms with E-state index in [9.17, 15) is 0 Å². The lowest BCUT2D eigenvalue weighted by molar-refractivity contribution is -0.00563. The highest BCUT2D eigenvalue weighted by Crippen LogP contribution is 2.22. The molecular formula is C12H24O2. The van der Waals surface area contributed by atoms with Crippen LogP contribution in [-0.4, -0.2) is 24.4 Å². The van der Waals surface area contributed by atoms with Crippen molar-refractivity contribution in [2.45, 2.75) is 52.1 Å². The van der Waals surface area contributed by atoms with Crippen LogP contribution in [0.2, 0.25) is 0 Å². The summed E-state index contributed by atoms with van der Waals surface area (Å²) >= 11 is 0. The predicted molar refractivity (Wildman–Crippen MR) is 60.4 cm³/mol. The van der Waals surface area contributed by atoms with Crippen LogP contribution in [0, 0.1) is 0 Å². The van der Waals surface area contributed by atoms with E-state index in [1.165, 1.54) is 5.57 Å². The third-order valence-corrected chi connectivity index (χ3v) is 2.96. The van der Waals surface area contributed by atoms with E-state index in [1.807, 2.05) is 6.08 Å². The minimum Gasteiger partial charge on any atom is -0.392 e. The van der Waals surface area contributed by atoms with Gasteiger partial charge in [0.15, 0.2) is 0 Å². The van der Waals surface area contributed by atoms with Crippen molar-refractivity contribution < 1.29 is 9.84 Å². The first kappa shape index (κ1) is 13.7. The molecular weight excluding hydrogens is 176 g/mol. The summed E-state index contributed by atoms with van der Waals surface area (Å²) in [6.07, 6.45) is 6.18. The Labute approximate surface area is 88.0 Å². The van der Waals surface area contributed by atoms with E-state index < -0.39 is 0 Å². The van der Waals surface area contributed by atoms with Gasteiger partial charge in [0.2, 0.25) is 0 Å². The lowest BCUT2D eigenvalue weighted by Crippen LogP contribution is -2.25. The topological polar surface area (TPSA) is 29.5 Å². The number of aliphatic hydroxyl groups is 1. The molecule has 0 aliphatic carbocycles. The maximum Gasteiger partial charge on any atom is 0.0648 e. The number of hydrogen-bond donors (Lipinski definition) is 1. The molecule has 0 aliphatic rings. The Morgan fingerprint density at radius 2 is 2.14 bits per heavy atom. The molecule has 1 atom stereocenters. The SMILES string of the molecule is CCC(C)(CCCC(C)=CCO)OC. The van der Waals surface area contributed by atoms with Crippen molar-refractivity contribution >= 4 is 0 Å². The van der Waals surface area contributed by atoms with Gasteiger partial charge in [0.05, 0.1) is 12.2 Å². The summed E-state index contributed by atoms with van der Waals surface area (Å²) < 4.78 is 5.46. The number of allylic oxidation sites excluding steroid dienone is 1. The molecule has 0 radical (unpaired) electrons. The Kier molecular flexibility index (Phi) is 6.85. The Balaban J connectivity index is 3.77. The van der Waals surface area contributed by atoms with Gasteiger partial charge < -0.3 is 9.84 Å². The second-order valence-corrected chi connectivity index (χ2v) is 4.09. The maximum atomic E-state index is 8.69. The van der Waals surface area contributed by atoms with Gasteiger partial charge in [0, 0.05) is 7.11 Å². The Morgan fingerprint density at radius 1 is 1.50 bits per heavy atom. The fourth-order valence-electron chi connectivity index (χ4n) is 1.42. The first-order valence-corrected chi connectivity index (χ1v) is 5.39. The zero-order valence-electron chi connectivity index (χ0n) is 9.97. The quantitative estimate of drug-likeness (QED) is 0.640. The molecule has 0 aromatic rings. The van der Waals surface area contributed by atoms with Crippen molar-refractivity contribution in [3.05, 3.63) is 11.6 Å². The molecule has 0 saturated heterocycles. The molecule has 0 aromatic carbocycles. The molecule has 0 rings (SSSR count). The number of aliphatic hydroxyl groups excluding tert-OH is 1. The zero-order valence-corrected chi connectivity index (χ0v) is 9.97. The summed E-state index contributed by atoms with van der Waals surface area (Å²) in [5.74, 6) is 0. The highest BCUT2D eigenvalue weighted by molar-refractivity contribution is 4.97. The average Bonchev–Trinajstić information content (AvgIpc) is 2.18. The predicted octanol–water partition coefficient (Wildman–Crippen LogP) is 2.91. The second-order valence-electron chi connectivity index (χ2n) is 4.09. The lowest BCUT2D eigenvalue weighted by Gasteiger charge is -2.26. The summed E-state index contributed by atoms with van der Waals surface area (Å²) in [6, 6.07) is 0. The normalized spacial score (nSPS) is 16.8. The van der Waals surface area contributed by atoms with Crippen LogP contribution in [0.25, 0.3) is 0 Å². The van der Waals surface area contributed by atoms with E-state index in [2.05, 4.69) is 20.8 Å². The van der Waals surface area contributed by atoms with Crippen molar-refractivity contribution in [1.29, 1.82) is 0 Å². The van der Waals surface area contributed by atoms with Gasteiger partial charge in [-0.2, -0.15) is 0 Å². The van der Waals surface area contributed by atoms with E-state index >= 15 is 0 Å². The van der Waals surface area contributed by atoms with E-state index in [4.69, 9.17) is 9.84 Å². The van der Waals surface area contributed by atoms with Crippen molar-refractivity contribution in [3.63, 3.8) is 0 Å². The molecule has 0 fully saturated rings. The van der Waals surface area contributed by atoms with E-state index in [-0.39, 0.29) is 12.2 Å². The zero-order chi connectivity index (χ0) is 11.0. The molecule has 0 amide bonds. The fraction of sp³-hybridized carbons (Fsp3) is 0.833. The van der Waals surface area contributed by atoms with Crippen LogP contribution in [0.1, 0.15) is 46.5 Å². The summed E-state index contributed by atoms with van der Waals surface area (Å²) in [4.78, 5) is 0. The van der Waals surface area contributed by atoms with Gasteiger partial charge in [-0.1, -0.05) is 18.6 Å². The van der Waals surface area contributed by atoms with E-state index in [0.717, 1.165) is 25.7 Å². The van der Waals surface area contributed by atoms with Crippen LogP contribution in [-0.2, 0) is 4.74 Å². The van der Waals surface area contributed by atoms with Crippen molar-refractivity contribution in [1.82, 2.24) is 0 Å². The molecule has 2 heteroatoms. The van der Waals surface area contributed by atoms with Gasteiger partial charge in [-0.05, 0) is 39.5 Å². The third kappa shape index (κ3) is 5.40. The summed E-state index contributed by atoms with van der Waals surface area (Å²) in [7, 11) is 1.78. The minimum absolute atomic E-state index is 0.0273. The lowest BCUT2D eigenvalue weighted by atomic mass is 9.94. The standard InChI is InChI=1S/C12H24O2/c1-5-12(3,14-4)9-6-7-11(2)8-10-13/h8,13H,5-7,9-10H2,1-4H3. The molecule has 0 heterocycles. The van der Waals surface area contributed by atoms with Crippen molar-refractivity contribution in [2.75, 3.05) is 13.7 Å². The fourth-order valence-corrected chi connectivity index (χ4v) is 1.42. The van der Waals surface area contributed by atoms with Gasteiger partial charge in [-0.15, -0.1) is 0 Å². The monoisotopic (exact) mass is 200 g/mol. The number of hydrogen-bond acceptors (Lipinski definition) is 2. The van der Waals surface area contributed by atoms with Gasteiger partial charge in [0.25, 0.3) is 0 Å². The summed E-state index contributed by atoms with van der Waals surface area (Å²) in [5, 5.41) is 8.69. The molecule has 0 spiro atoms. The van der Waals surface area contributed by atoms with Crippen LogP contribution in [0.3, 0.4) is 0 Å². The molecule has 1 N–H and O–H groups in total. The smallest absolute Gasteiger partial charge is 0.0648 e. The molecule has 84 valence electrons. The molecule has 0 bridgehead atoms. The Bertz CT molecular complexity index is 169. The van der Waals surface area contributed by atoms with Crippen molar-refractivity contribution in [2.24, 2.45) is 0 Å². The van der Waals surface area contributed by atoms with E-state index in [1.54, 1.807) is 7.11 Å². The molecule has 14 heavy (non-hydrogen) atoms. The van der Waals surface area contributed by atoms with Crippen LogP contribution >= 0.6 is 0 Å². The van der Waals surface area contributed by atoms with Crippen LogP contribution < -0.4 is 0 Å². The molecule has 0 saturated carbocycles. The van der Waals surface area contributed by atoms with Crippen molar-refractivity contribution in [3.8, 4) is 0 Å². The number of rotatable bonds is 7. The average molecular weight is 200 g/mol. The van der Waals surface area contributed by atoms with Crippen LogP contribution in [0.5, 0.6) is 0 Å². The largest absolute Gasteiger partial charge is 0.392 e. The van der Waals surface area contributed by atoms with Gasteiger partial charge in [-0.25, -0.2) is 0 Å².